The molecule has 8 heteroatoms. The van der Waals surface area contributed by atoms with Crippen molar-refractivity contribution in [1.82, 2.24) is 4.90 Å². The molecule has 0 bridgehead atoms. The number of nitrogens with zero attached hydrogens (tertiary/aromatic N) is 1. The van der Waals surface area contributed by atoms with Gasteiger partial charge in [0.2, 0.25) is 5.41 Å². The SMILES string of the molecule is CCOC(=O)[C@@]1(C(=O)c2ccc(N)cc2)C(=O)N(C(=O)c2ccc(N)cc2)C[C@H]1c1ccccc1. The number of ether oxygens (including phenoxy) is 1. The van der Waals surface area contributed by atoms with E-state index in [0.29, 0.717) is 16.9 Å². The van der Waals surface area contributed by atoms with Gasteiger partial charge in [0, 0.05) is 35.0 Å². The lowest BCUT2D eigenvalue weighted by Gasteiger charge is -2.29. The third kappa shape index (κ3) is 4.03. The minimum absolute atomic E-state index is 0.0453. The van der Waals surface area contributed by atoms with Gasteiger partial charge in [-0.25, -0.2) is 0 Å². The lowest BCUT2D eigenvalue weighted by molar-refractivity contribution is -0.157. The molecule has 0 saturated carbocycles. The third-order valence-electron chi connectivity index (χ3n) is 6.20. The molecule has 3 aromatic rings. The van der Waals surface area contributed by atoms with Gasteiger partial charge in [0.05, 0.1) is 6.61 Å². The molecule has 2 atom stereocenters. The van der Waals surface area contributed by atoms with E-state index < -0.39 is 34.9 Å². The number of anilines is 2. The highest BCUT2D eigenvalue weighted by molar-refractivity contribution is 6.31. The Bertz CT molecular complexity index is 1270. The number of benzene rings is 3. The van der Waals surface area contributed by atoms with Crippen LogP contribution in [0.5, 0.6) is 0 Å². The van der Waals surface area contributed by atoms with Crippen LogP contribution in [-0.2, 0) is 14.3 Å². The molecule has 0 aromatic heterocycles. The Morgan fingerprint density at radius 1 is 0.886 bits per heavy atom. The lowest BCUT2D eigenvalue weighted by Crippen LogP contribution is -2.51. The number of nitrogen functional groups attached to an aromatic ring is 2. The number of esters is 1. The van der Waals surface area contributed by atoms with Crippen molar-refractivity contribution in [3.05, 3.63) is 95.6 Å². The van der Waals surface area contributed by atoms with Crippen molar-refractivity contribution in [3.63, 3.8) is 0 Å². The average molecular weight is 472 g/mol. The van der Waals surface area contributed by atoms with Crippen LogP contribution in [0, 0.1) is 5.41 Å². The number of nitrogens with two attached hydrogens (primary N) is 2. The molecule has 1 fully saturated rings. The molecule has 1 aliphatic rings. The van der Waals surface area contributed by atoms with Crippen molar-refractivity contribution < 1.29 is 23.9 Å². The van der Waals surface area contributed by atoms with Crippen molar-refractivity contribution in [3.8, 4) is 0 Å². The smallest absolute Gasteiger partial charge is 0.330 e. The molecule has 1 heterocycles. The van der Waals surface area contributed by atoms with Crippen LogP contribution < -0.4 is 11.5 Å². The maximum atomic E-state index is 14.0. The predicted molar refractivity (Wildman–Crippen MR) is 130 cm³/mol. The van der Waals surface area contributed by atoms with Crippen LogP contribution in [0.3, 0.4) is 0 Å². The first-order valence-electron chi connectivity index (χ1n) is 11.1. The normalized spacial score (nSPS) is 19.4. The van der Waals surface area contributed by atoms with Gasteiger partial charge in [0.15, 0.2) is 5.78 Å². The van der Waals surface area contributed by atoms with Crippen molar-refractivity contribution in [1.29, 1.82) is 0 Å². The van der Waals surface area contributed by atoms with Crippen molar-refractivity contribution in [2.75, 3.05) is 24.6 Å². The first kappa shape index (κ1) is 23.7. The van der Waals surface area contributed by atoms with Crippen molar-refractivity contribution in [2.24, 2.45) is 5.41 Å². The highest BCUT2D eigenvalue weighted by atomic mass is 16.5. The quantitative estimate of drug-likeness (QED) is 0.186. The van der Waals surface area contributed by atoms with Crippen molar-refractivity contribution in [2.45, 2.75) is 12.8 Å². The monoisotopic (exact) mass is 471 g/mol. The first-order chi connectivity index (χ1) is 16.8. The minimum Gasteiger partial charge on any atom is -0.465 e. The van der Waals surface area contributed by atoms with Gasteiger partial charge in [-0.05, 0) is 61.0 Å². The first-order valence-corrected chi connectivity index (χ1v) is 11.1. The molecule has 0 unspecified atom stereocenters. The summed E-state index contributed by atoms with van der Waals surface area (Å²) >= 11 is 0. The maximum absolute atomic E-state index is 14.0. The fourth-order valence-electron chi connectivity index (χ4n) is 4.45. The van der Waals surface area contributed by atoms with Crippen LogP contribution in [0.25, 0.3) is 0 Å². The van der Waals surface area contributed by atoms with Gasteiger partial charge in [0.25, 0.3) is 11.8 Å². The van der Waals surface area contributed by atoms with Crippen LogP contribution in [-0.4, -0.2) is 41.6 Å². The van der Waals surface area contributed by atoms with E-state index in [4.69, 9.17) is 16.2 Å². The van der Waals surface area contributed by atoms with Gasteiger partial charge in [-0.1, -0.05) is 30.3 Å². The fourth-order valence-corrected chi connectivity index (χ4v) is 4.45. The summed E-state index contributed by atoms with van der Waals surface area (Å²) in [4.78, 5) is 56.0. The summed E-state index contributed by atoms with van der Waals surface area (Å²) in [6, 6.07) is 20.7. The summed E-state index contributed by atoms with van der Waals surface area (Å²) in [7, 11) is 0. The number of amides is 2. The Balaban J connectivity index is 1.90. The van der Waals surface area contributed by atoms with E-state index in [1.807, 2.05) is 0 Å². The molecule has 8 nitrogen and oxygen atoms in total. The predicted octanol–water partition coefficient (Wildman–Crippen LogP) is 3.05. The van der Waals surface area contributed by atoms with Crippen LogP contribution >= 0.6 is 0 Å². The number of ketones is 1. The fraction of sp³-hybridized carbons (Fsp3) is 0.185. The second-order valence-corrected chi connectivity index (χ2v) is 8.29. The van der Waals surface area contributed by atoms with E-state index in [9.17, 15) is 19.2 Å². The number of Topliss-reactive ketones (excluding diaryl/α,β-unsaturated/α-hetero) is 1. The molecule has 0 radical (unpaired) electrons. The zero-order valence-corrected chi connectivity index (χ0v) is 19.1. The number of hydrogen-bond donors (Lipinski definition) is 2. The van der Waals surface area contributed by atoms with Gasteiger partial charge in [-0.2, -0.15) is 0 Å². The summed E-state index contributed by atoms with van der Waals surface area (Å²) in [5, 5.41) is 0. The zero-order chi connectivity index (χ0) is 25.2. The Kier molecular flexibility index (Phi) is 6.38. The van der Waals surface area contributed by atoms with Crippen LogP contribution in [0.15, 0.2) is 78.9 Å². The Morgan fingerprint density at radius 3 is 1.97 bits per heavy atom. The standard InChI is InChI=1S/C27H25N3O5/c1-2-35-26(34)27(23(31)18-8-12-20(28)13-9-18)22(17-6-4-3-5-7-17)16-30(25(27)33)24(32)19-10-14-21(29)15-11-19/h3-15,22H,2,16,28-29H2,1H3/t22-,27-/m0/s1. The van der Waals surface area contributed by atoms with Crippen LogP contribution in [0.4, 0.5) is 11.4 Å². The molecule has 0 spiro atoms. The zero-order valence-electron chi connectivity index (χ0n) is 19.1. The van der Waals surface area contributed by atoms with E-state index in [1.165, 1.54) is 36.4 Å². The topological polar surface area (TPSA) is 133 Å². The summed E-state index contributed by atoms with van der Waals surface area (Å²) in [6.07, 6.45) is 0. The Morgan fingerprint density at radius 2 is 1.43 bits per heavy atom. The van der Waals surface area contributed by atoms with E-state index in [0.717, 1.165) is 4.90 Å². The molecule has 4 N–H and O–H groups in total. The number of hydrogen-bond acceptors (Lipinski definition) is 7. The molecule has 2 amide bonds. The highest BCUT2D eigenvalue weighted by Gasteiger charge is 2.66. The minimum atomic E-state index is -2.28. The largest absolute Gasteiger partial charge is 0.465 e. The molecule has 0 aliphatic carbocycles. The molecular weight excluding hydrogens is 446 g/mol. The molecule has 178 valence electrons. The van der Waals surface area contributed by atoms with Crippen LogP contribution in [0.1, 0.15) is 39.1 Å². The number of likely N-dealkylation sites (tertiary alicyclic amines) is 1. The molecule has 4 rings (SSSR count). The van der Waals surface area contributed by atoms with E-state index in [1.54, 1.807) is 49.4 Å². The molecular formula is C27H25N3O5. The second kappa shape index (κ2) is 9.42. The third-order valence-corrected chi connectivity index (χ3v) is 6.20. The van der Waals surface area contributed by atoms with Gasteiger partial charge in [-0.15, -0.1) is 0 Å². The average Bonchev–Trinajstić information content (AvgIpc) is 3.18. The lowest BCUT2D eigenvalue weighted by atomic mass is 9.69. The van der Waals surface area contributed by atoms with Gasteiger partial charge in [-0.3, -0.25) is 24.1 Å². The number of carbonyl (C=O) groups excluding carboxylic acids is 4. The van der Waals surface area contributed by atoms with Gasteiger partial charge in [0.1, 0.15) is 0 Å². The van der Waals surface area contributed by atoms with E-state index in [-0.39, 0.29) is 24.3 Å². The number of imide groups is 1. The number of carbonyl (C=O) groups is 4. The van der Waals surface area contributed by atoms with Crippen LogP contribution in [0.2, 0.25) is 0 Å². The summed E-state index contributed by atoms with van der Waals surface area (Å²) in [5.41, 5.74) is 11.0. The molecule has 3 aromatic carbocycles. The van der Waals surface area contributed by atoms with Crippen molar-refractivity contribution >= 4 is 34.9 Å². The summed E-state index contributed by atoms with van der Waals surface area (Å²) < 4.78 is 5.31. The molecule has 35 heavy (non-hydrogen) atoms. The summed E-state index contributed by atoms with van der Waals surface area (Å²) in [6.45, 7) is 1.37. The Hall–Kier alpha value is -4.46. The van der Waals surface area contributed by atoms with Gasteiger partial charge < -0.3 is 16.2 Å². The second-order valence-electron chi connectivity index (χ2n) is 8.29. The highest BCUT2D eigenvalue weighted by Crippen LogP contribution is 2.48. The summed E-state index contributed by atoms with van der Waals surface area (Å²) in [5.74, 6) is -4.26. The number of rotatable bonds is 6. The maximum Gasteiger partial charge on any atom is 0.330 e. The Labute approximate surface area is 202 Å². The van der Waals surface area contributed by atoms with E-state index in [2.05, 4.69) is 0 Å². The molecule has 1 saturated heterocycles. The molecule has 1 aliphatic heterocycles. The van der Waals surface area contributed by atoms with Gasteiger partial charge >= 0.3 is 5.97 Å². The van der Waals surface area contributed by atoms with E-state index >= 15 is 0 Å².